The molecule has 0 aliphatic carbocycles. The van der Waals surface area contributed by atoms with Gasteiger partial charge in [0, 0.05) is 25.7 Å². The predicted octanol–water partition coefficient (Wildman–Crippen LogP) is 0.724. The molecule has 6 heteroatoms. The summed E-state index contributed by atoms with van der Waals surface area (Å²) in [4.78, 5) is 2.42. The lowest BCUT2D eigenvalue weighted by Crippen LogP contribution is -2.26. The van der Waals surface area contributed by atoms with Gasteiger partial charge in [-0.15, -0.1) is 0 Å². The third-order valence-corrected chi connectivity index (χ3v) is 2.56. The topological polar surface area (TPSA) is 83.6 Å². The fourth-order valence-electron chi connectivity index (χ4n) is 1.85. The number of nitrogens with two attached hydrogens (primary N) is 1. The molecule has 0 aromatic heterocycles. The van der Waals surface area contributed by atoms with Crippen LogP contribution in [-0.2, 0) is 16.7 Å². The van der Waals surface area contributed by atoms with E-state index in [1.807, 2.05) is 0 Å². The summed E-state index contributed by atoms with van der Waals surface area (Å²) in [6.45, 7) is 3.25. The van der Waals surface area contributed by atoms with E-state index >= 15 is 0 Å². The fourth-order valence-corrected chi connectivity index (χ4v) is 1.85. The first-order chi connectivity index (χ1) is 8.34. The molecule has 18 heavy (non-hydrogen) atoms. The van der Waals surface area contributed by atoms with Crippen molar-refractivity contribution in [3.63, 3.8) is 0 Å². The molecule has 1 aliphatic heterocycles. The van der Waals surface area contributed by atoms with Gasteiger partial charge in [0.15, 0.2) is 0 Å². The molecule has 1 unspecified atom stereocenters. The van der Waals surface area contributed by atoms with E-state index in [-0.39, 0.29) is 0 Å². The van der Waals surface area contributed by atoms with Crippen LogP contribution in [0.4, 0.5) is 0 Å². The number of rotatable bonds is 2. The molecule has 1 aliphatic rings. The molecule has 1 aromatic carbocycles. The monoisotopic (exact) mass is 272 g/mol. The zero-order valence-electron chi connectivity index (χ0n) is 10.5. The van der Waals surface area contributed by atoms with Crippen LogP contribution in [0.15, 0.2) is 30.3 Å². The summed E-state index contributed by atoms with van der Waals surface area (Å²) in [5, 5.41) is 0. The highest BCUT2D eigenvalue weighted by atomic mass is 32.2. The Bertz CT molecular complexity index is 440. The molecule has 0 saturated carbocycles. The number of benzene rings is 1. The second kappa shape index (κ2) is 6.84. The summed E-state index contributed by atoms with van der Waals surface area (Å²) in [5.41, 5.74) is 7.22. The lowest BCUT2D eigenvalue weighted by atomic mass is 10.2. The first-order valence-corrected chi connectivity index (χ1v) is 7.64. The lowest BCUT2D eigenvalue weighted by Gasteiger charge is -2.14. The average Bonchev–Trinajstić information content (AvgIpc) is 2.63. The zero-order valence-corrected chi connectivity index (χ0v) is 11.3. The quantitative estimate of drug-likeness (QED) is 0.775. The van der Waals surface area contributed by atoms with Crippen LogP contribution in [0.25, 0.3) is 0 Å². The van der Waals surface area contributed by atoms with E-state index in [2.05, 4.69) is 35.2 Å². The van der Waals surface area contributed by atoms with E-state index < -0.39 is 10.1 Å². The van der Waals surface area contributed by atoms with E-state index in [0.717, 1.165) is 26.1 Å². The highest BCUT2D eigenvalue weighted by molar-refractivity contribution is 7.85. The van der Waals surface area contributed by atoms with Crippen molar-refractivity contribution in [1.29, 1.82) is 0 Å². The molecule has 3 N–H and O–H groups in total. The minimum absolute atomic E-state index is 0.392. The molecular formula is C12H20N2O3S. The van der Waals surface area contributed by atoms with Crippen LogP contribution in [0.3, 0.4) is 0 Å². The molecular weight excluding hydrogens is 252 g/mol. The van der Waals surface area contributed by atoms with Gasteiger partial charge in [0.1, 0.15) is 0 Å². The zero-order chi connectivity index (χ0) is 13.6. The SMILES string of the molecule is CS(=O)(=O)O.NC1CCN(Cc2ccccc2)C1. The van der Waals surface area contributed by atoms with Crippen LogP contribution in [0.2, 0.25) is 0 Å². The van der Waals surface area contributed by atoms with Gasteiger partial charge in [-0.3, -0.25) is 9.45 Å². The molecule has 2 rings (SSSR count). The smallest absolute Gasteiger partial charge is 0.261 e. The van der Waals surface area contributed by atoms with Crippen LogP contribution < -0.4 is 5.73 Å². The third-order valence-electron chi connectivity index (χ3n) is 2.56. The number of nitrogens with zero attached hydrogens (tertiary/aromatic N) is 1. The summed E-state index contributed by atoms with van der Waals surface area (Å²) < 4.78 is 25.9. The average molecular weight is 272 g/mol. The number of hydrogen-bond donors (Lipinski definition) is 2. The Balaban J connectivity index is 0.000000280. The maximum Gasteiger partial charge on any atom is 0.261 e. The van der Waals surface area contributed by atoms with Crippen molar-refractivity contribution in [3.05, 3.63) is 35.9 Å². The Morgan fingerprint density at radius 1 is 1.39 bits per heavy atom. The summed E-state index contributed by atoms with van der Waals surface area (Å²) in [5.74, 6) is 0. The molecule has 1 fully saturated rings. The van der Waals surface area contributed by atoms with Gasteiger partial charge in [-0.1, -0.05) is 30.3 Å². The molecule has 1 saturated heterocycles. The predicted molar refractivity (Wildman–Crippen MR) is 71.8 cm³/mol. The summed E-state index contributed by atoms with van der Waals surface area (Å²) >= 11 is 0. The number of hydrogen-bond acceptors (Lipinski definition) is 4. The Hall–Kier alpha value is -0.950. The van der Waals surface area contributed by atoms with Crippen molar-refractivity contribution in [2.24, 2.45) is 5.73 Å². The highest BCUT2D eigenvalue weighted by Crippen LogP contribution is 2.11. The van der Waals surface area contributed by atoms with Crippen molar-refractivity contribution >= 4 is 10.1 Å². The van der Waals surface area contributed by atoms with E-state index in [4.69, 9.17) is 10.3 Å². The largest absolute Gasteiger partial charge is 0.326 e. The first-order valence-electron chi connectivity index (χ1n) is 5.79. The summed E-state index contributed by atoms with van der Waals surface area (Å²) in [7, 11) is -3.67. The molecule has 1 atom stereocenters. The van der Waals surface area contributed by atoms with Gasteiger partial charge in [0.05, 0.1) is 6.26 Å². The van der Waals surface area contributed by atoms with E-state index in [0.29, 0.717) is 12.3 Å². The van der Waals surface area contributed by atoms with Crippen molar-refractivity contribution in [3.8, 4) is 0 Å². The fraction of sp³-hybridized carbons (Fsp3) is 0.500. The minimum atomic E-state index is -3.67. The molecule has 0 radical (unpaired) electrons. The van der Waals surface area contributed by atoms with Gasteiger partial charge in [-0.25, -0.2) is 0 Å². The van der Waals surface area contributed by atoms with Gasteiger partial charge in [-0.2, -0.15) is 8.42 Å². The van der Waals surface area contributed by atoms with Crippen molar-refractivity contribution < 1.29 is 13.0 Å². The van der Waals surface area contributed by atoms with Crippen LogP contribution in [0.5, 0.6) is 0 Å². The maximum atomic E-state index is 9.19. The van der Waals surface area contributed by atoms with E-state index in [9.17, 15) is 8.42 Å². The minimum Gasteiger partial charge on any atom is -0.326 e. The molecule has 0 bridgehead atoms. The maximum absolute atomic E-state index is 9.19. The standard InChI is InChI=1S/C11H16N2.CH4O3S/c12-11-6-7-13(9-11)8-10-4-2-1-3-5-10;1-5(2,3)4/h1-5,11H,6-9,12H2;1H3,(H,2,3,4). The lowest BCUT2D eigenvalue weighted by molar-refractivity contribution is 0.327. The van der Waals surface area contributed by atoms with E-state index in [1.54, 1.807) is 0 Å². The van der Waals surface area contributed by atoms with Crippen LogP contribution in [0.1, 0.15) is 12.0 Å². The number of likely N-dealkylation sites (tertiary alicyclic amines) is 1. The second-order valence-corrected chi connectivity index (χ2v) is 5.97. The van der Waals surface area contributed by atoms with Crippen LogP contribution in [0, 0.1) is 0 Å². The highest BCUT2D eigenvalue weighted by Gasteiger charge is 2.18. The molecule has 0 amide bonds. The Morgan fingerprint density at radius 2 is 1.94 bits per heavy atom. The van der Waals surface area contributed by atoms with Gasteiger partial charge in [-0.05, 0) is 12.0 Å². The van der Waals surface area contributed by atoms with Gasteiger partial charge < -0.3 is 5.73 Å². The van der Waals surface area contributed by atoms with Crippen LogP contribution >= 0.6 is 0 Å². The Morgan fingerprint density at radius 3 is 2.39 bits per heavy atom. The molecule has 102 valence electrons. The Labute approximate surface area is 108 Å². The Kier molecular flexibility index (Phi) is 5.74. The third kappa shape index (κ3) is 7.39. The van der Waals surface area contributed by atoms with Gasteiger partial charge in [0.2, 0.25) is 0 Å². The second-order valence-electron chi connectivity index (χ2n) is 4.50. The van der Waals surface area contributed by atoms with Gasteiger partial charge in [0.25, 0.3) is 10.1 Å². The molecule has 1 heterocycles. The normalized spacial score (nSPS) is 20.3. The summed E-state index contributed by atoms with van der Waals surface area (Å²) in [6, 6.07) is 11.0. The van der Waals surface area contributed by atoms with Crippen molar-refractivity contribution in [2.45, 2.75) is 19.0 Å². The molecule has 1 aromatic rings. The van der Waals surface area contributed by atoms with Crippen LogP contribution in [-0.4, -0.2) is 43.3 Å². The van der Waals surface area contributed by atoms with Gasteiger partial charge >= 0.3 is 0 Å². The summed E-state index contributed by atoms with van der Waals surface area (Å²) in [6.07, 6.45) is 1.86. The molecule has 0 spiro atoms. The van der Waals surface area contributed by atoms with Crippen molar-refractivity contribution in [1.82, 2.24) is 4.90 Å². The van der Waals surface area contributed by atoms with E-state index in [1.165, 1.54) is 5.56 Å². The molecule has 5 nitrogen and oxygen atoms in total. The first kappa shape index (κ1) is 15.1. The van der Waals surface area contributed by atoms with Crippen molar-refractivity contribution in [2.75, 3.05) is 19.3 Å².